The van der Waals surface area contributed by atoms with Crippen molar-refractivity contribution in [2.45, 2.75) is 122 Å². The second kappa shape index (κ2) is 19.7. The molecule has 1 heterocycles. The van der Waals surface area contributed by atoms with E-state index in [1.165, 1.54) is 57.8 Å². The maximum Gasteiger partial charge on any atom is 0.354 e. The zero-order valence-electron chi connectivity index (χ0n) is 19.8. The molecule has 5 heteroatoms. The number of hydrogen-bond donors (Lipinski definition) is 1. The molecule has 1 aromatic heterocycles. The number of carbonyl (C=O) groups is 1. The number of halogens is 1. The summed E-state index contributed by atoms with van der Waals surface area (Å²) in [5, 5.41) is 8.93. The Hall–Kier alpha value is -1.00. The lowest BCUT2D eigenvalue weighted by Gasteiger charge is -2.12. The van der Waals surface area contributed by atoms with E-state index in [1.807, 2.05) is 22.9 Å². The summed E-state index contributed by atoms with van der Waals surface area (Å²) in [5.74, 6) is -0.230. The van der Waals surface area contributed by atoms with E-state index >= 15 is 0 Å². The maximum absolute atomic E-state index is 12.4. The molecule has 0 radical (unpaired) electrons. The Morgan fingerprint density at radius 2 is 1.55 bits per heavy atom. The average Bonchev–Trinajstić information content (AvgIpc) is 3.24. The Bertz CT molecular complexity index is 547. The quantitative estimate of drug-likeness (QED) is 0.118. The zero-order valence-corrected chi connectivity index (χ0v) is 20.6. The molecule has 0 fully saturated rings. The Labute approximate surface area is 195 Å². The number of aliphatic hydroxyl groups is 1. The normalized spacial score (nSPS) is 12.2. The van der Waals surface area contributed by atoms with Crippen LogP contribution < -0.4 is 0 Å². The number of hydrogen-bond acceptors (Lipinski definition) is 3. The van der Waals surface area contributed by atoms with Gasteiger partial charge in [-0.15, -0.1) is 11.6 Å². The summed E-state index contributed by atoms with van der Waals surface area (Å²) < 4.78 is 7.45. The smallest absolute Gasteiger partial charge is 0.354 e. The van der Waals surface area contributed by atoms with Crippen molar-refractivity contribution in [3.63, 3.8) is 0 Å². The molecule has 0 aliphatic carbocycles. The Balaban J connectivity index is 2.12. The van der Waals surface area contributed by atoms with Crippen LogP contribution in [0.3, 0.4) is 0 Å². The van der Waals surface area contributed by atoms with Gasteiger partial charge in [0.05, 0.1) is 6.61 Å². The first-order valence-corrected chi connectivity index (χ1v) is 13.2. The number of alkyl halides is 1. The largest absolute Gasteiger partial charge is 0.461 e. The van der Waals surface area contributed by atoms with Crippen LogP contribution in [0.15, 0.2) is 18.3 Å². The molecule has 1 N–H and O–H groups in total. The summed E-state index contributed by atoms with van der Waals surface area (Å²) >= 11 is 6.52. The fraction of sp³-hybridized carbons (Fsp3) is 0.808. The third-order valence-corrected chi connectivity index (χ3v) is 6.31. The molecule has 31 heavy (non-hydrogen) atoms. The summed E-state index contributed by atoms with van der Waals surface area (Å²) in [4.78, 5) is 12.4. The number of aliphatic hydroxyl groups excluding tert-OH is 1. The number of carbonyl (C=O) groups excluding carboxylic acids is 1. The van der Waals surface area contributed by atoms with Crippen LogP contribution in [0, 0.1) is 0 Å². The van der Waals surface area contributed by atoms with Gasteiger partial charge in [0.1, 0.15) is 5.69 Å². The number of aromatic nitrogens is 1. The van der Waals surface area contributed by atoms with Crippen molar-refractivity contribution < 1.29 is 14.6 Å². The van der Waals surface area contributed by atoms with Crippen LogP contribution >= 0.6 is 11.6 Å². The van der Waals surface area contributed by atoms with Gasteiger partial charge in [0, 0.05) is 24.7 Å². The highest BCUT2D eigenvalue weighted by Gasteiger charge is 2.13. The summed E-state index contributed by atoms with van der Waals surface area (Å²) in [6, 6.07) is 3.74. The molecule has 0 saturated carbocycles. The van der Waals surface area contributed by atoms with E-state index in [4.69, 9.17) is 21.4 Å². The first-order valence-electron chi connectivity index (χ1n) is 12.8. The molecule has 4 nitrogen and oxygen atoms in total. The average molecular weight is 456 g/mol. The molecule has 0 saturated heterocycles. The van der Waals surface area contributed by atoms with E-state index in [2.05, 4.69) is 6.92 Å². The standard InChI is InChI=1S/C26H46ClNO3/c1-2-3-4-5-7-10-13-17-24(27)19-21-28-20-16-18-25(28)26(30)31-23-15-12-9-6-8-11-14-22-29/h16,18,20,24,29H,2-15,17,19,21-23H2,1H3. The third-order valence-electron chi connectivity index (χ3n) is 5.88. The maximum atomic E-state index is 12.4. The molecule has 0 aliphatic heterocycles. The van der Waals surface area contributed by atoms with Crippen LogP contribution in [0.5, 0.6) is 0 Å². The van der Waals surface area contributed by atoms with E-state index in [9.17, 15) is 4.79 Å². The van der Waals surface area contributed by atoms with Crippen LogP contribution in [0.4, 0.5) is 0 Å². The molecular weight excluding hydrogens is 410 g/mol. The lowest BCUT2D eigenvalue weighted by Crippen LogP contribution is -2.14. The number of ether oxygens (including phenoxy) is 1. The minimum absolute atomic E-state index is 0.166. The molecule has 1 unspecified atom stereocenters. The molecule has 1 atom stereocenters. The monoisotopic (exact) mass is 455 g/mol. The van der Waals surface area contributed by atoms with Crippen molar-refractivity contribution in [2.75, 3.05) is 13.2 Å². The van der Waals surface area contributed by atoms with Gasteiger partial charge in [0.15, 0.2) is 0 Å². The summed E-state index contributed by atoms with van der Waals surface area (Å²) in [5.41, 5.74) is 0.629. The zero-order chi connectivity index (χ0) is 22.6. The molecule has 1 rings (SSSR count). The number of esters is 1. The second-order valence-electron chi connectivity index (χ2n) is 8.72. The fourth-order valence-corrected chi connectivity index (χ4v) is 4.13. The van der Waals surface area contributed by atoms with Crippen molar-refractivity contribution in [1.82, 2.24) is 4.57 Å². The summed E-state index contributed by atoms with van der Waals surface area (Å²) in [7, 11) is 0. The SMILES string of the molecule is CCCCCCCCCC(Cl)CCn1cccc1C(=O)OCCCCCCCCCO. The van der Waals surface area contributed by atoms with E-state index in [-0.39, 0.29) is 11.3 Å². The topological polar surface area (TPSA) is 51.5 Å². The Kier molecular flexibility index (Phi) is 17.8. The van der Waals surface area contributed by atoms with Gasteiger partial charge in [0.2, 0.25) is 0 Å². The highest BCUT2D eigenvalue weighted by molar-refractivity contribution is 6.20. The minimum Gasteiger partial charge on any atom is -0.461 e. The van der Waals surface area contributed by atoms with Crippen LogP contribution in [-0.2, 0) is 11.3 Å². The number of rotatable bonds is 21. The fourth-order valence-electron chi connectivity index (χ4n) is 3.88. The van der Waals surface area contributed by atoms with Crippen molar-refractivity contribution in [1.29, 1.82) is 0 Å². The van der Waals surface area contributed by atoms with E-state index in [0.29, 0.717) is 18.9 Å². The van der Waals surface area contributed by atoms with E-state index in [0.717, 1.165) is 51.5 Å². The molecule has 0 amide bonds. The van der Waals surface area contributed by atoms with Gasteiger partial charge in [-0.2, -0.15) is 0 Å². The lowest BCUT2D eigenvalue weighted by molar-refractivity contribution is 0.0485. The molecule has 0 spiro atoms. The van der Waals surface area contributed by atoms with E-state index < -0.39 is 0 Å². The van der Waals surface area contributed by atoms with Crippen LogP contribution in [0.25, 0.3) is 0 Å². The van der Waals surface area contributed by atoms with Gasteiger partial charge < -0.3 is 14.4 Å². The second-order valence-corrected chi connectivity index (χ2v) is 9.33. The lowest BCUT2D eigenvalue weighted by atomic mass is 10.1. The number of unbranched alkanes of at least 4 members (excludes halogenated alkanes) is 12. The molecule has 180 valence electrons. The first kappa shape index (κ1) is 28.0. The molecule has 0 aromatic carbocycles. The van der Waals surface area contributed by atoms with Gasteiger partial charge >= 0.3 is 5.97 Å². The van der Waals surface area contributed by atoms with Crippen molar-refractivity contribution in [3.8, 4) is 0 Å². The Morgan fingerprint density at radius 1 is 0.935 bits per heavy atom. The van der Waals surface area contributed by atoms with Crippen LogP contribution in [-0.4, -0.2) is 34.2 Å². The number of aryl methyl sites for hydroxylation is 1. The first-order chi connectivity index (χ1) is 15.2. The van der Waals surface area contributed by atoms with Gasteiger partial charge in [-0.1, -0.05) is 84.0 Å². The summed E-state index contributed by atoms with van der Waals surface area (Å²) in [6.45, 7) is 3.79. The highest BCUT2D eigenvalue weighted by atomic mass is 35.5. The molecule has 0 bridgehead atoms. The highest BCUT2D eigenvalue weighted by Crippen LogP contribution is 2.17. The van der Waals surface area contributed by atoms with Crippen molar-refractivity contribution in [3.05, 3.63) is 24.0 Å². The predicted molar refractivity (Wildman–Crippen MR) is 131 cm³/mol. The van der Waals surface area contributed by atoms with Crippen LogP contribution in [0.1, 0.15) is 120 Å². The minimum atomic E-state index is -0.230. The number of nitrogens with zero attached hydrogens (tertiary/aromatic N) is 1. The Morgan fingerprint density at radius 3 is 2.23 bits per heavy atom. The van der Waals surface area contributed by atoms with Gasteiger partial charge in [-0.3, -0.25) is 0 Å². The molecular formula is C26H46ClNO3. The molecule has 1 aromatic rings. The van der Waals surface area contributed by atoms with Gasteiger partial charge in [-0.05, 0) is 37.8 Å². The van der Waals surface area contributed by atoms with E-state index in [1.54, 1.807) is 0 Å². The van der Waals surface area contributed by atoms with Crippen molar-refractivity contribution >= 4 is 17.6 Å². The predicted octanol–water partition coefficient (Wildman–Crippen LogP) is 7.51. The van der Waals surface area contributed by atoms with Gasteiger partial charge in [-0.25, -0.2) is 4.79 Å². The third kappa shape index (κ3) is 14.6. The van der Waals surface area contributed by atoms with Crippen molar-refractivity contribution in [2.24, 2.45) is 0 Å². The molecule has 0 aliphatic rings. The van der Waals surface area contributed by atoms with Gasteiger partial charge in [0.25, 0.3) is 0 Å². The van der Waals surface area contributed by atoms with Crippen LogP contribution in [0.2, 0.25) is 0 Å². The summed E-state index contributed by atoms with van der Waals surface area (Å²) in [6.07, 6.45) is 20.6.